The predicted molar refractivity (Wildman–Crippen MR) is 128 cm³/mol. The Hall–Kier alpha value is -3.59. The van der Waals surface area contributed by atoms with Gasteiger partial charge in [-0.1, -0.05) is 11.3 Å². The summed E-state index contributed by atoms with van der Waals surface area (Å²) in [5.41, 5.74) is 3.23. The molecule has 0 unspecified atom stereocenters. The summed E-state index contributed by atoms with van der Waals surface area (Å²) in [7, 11) is 0. The summed E-state index contributed by atoms with van der Waals surface area (Å²) >= 11 is 1.61. The molecule has 0 radical (unpaired) electrons. The van der Waals surface area contributed by atoms with Gasteiger partial charge in [0.2, 0.25) is 5.89 Å². The highest BCUT2D eigenvalue weighted by atomic mass is 32.2. The van der Waals surface area contributed by atoms with Crippen LogP contribution < -0.4 is 10.1 Å². The number of hydrogen-bond acceptors (Lipinski definition) is 7. The van der Waals surface area contributed by atoms with E-state index in [-0.39, 0.29) is 11.6 Å². The Morgan fingerprint density at radius 1 is 1.18 bits per heavy atom. The number of carbonyl (C=O) groups excluding carboxylic acids is 1. The van der Waals surface area contributed by atoms with Crippen molar-refractivity contribution in [1.29, 1.82) is 0 Å². The first-order chi connectivity index (χ1) is 16.0. The van der Waals surface area contributed by atoms with Gasteiger partial charge in [0.1, 0.15) is 17.2 Å². The van der Waals surface area contributed by atoms with Gasteiger partial charge in [0.15, 0.2) is 5.69 Å². The Balaban J connectivity index is 1.49. The molecule has 0 bridgehead atoms. The first-order valence-corrected chi connectivity index (χ1v) is 11.8. The average molecular weight is 464 g/mol. The van der Waals surface area contributed by atoms with Crippen LogP contribution in [0.4, 0.5) is 5.69 Å². The lowest BCUT2D eigenvalue weighted by atomic mass is 10.2. The SMILES string of the molecule is CCOc1ccc(-c2nc(Cn3nnc(C(=O)Nc4cccc(SC)c4)c3C)c(C)o2)cc1. The first-order valence-electron chi connectivity index (χ1n) is 10.5. The standard InChI is InChI=1S/C24H25N5O3S/c1-5-31-19-11-9-17(10-12-19)24-26-21(16(3)32-24)14-29-15(2)22(27-28-29)23(30)25-18-7-6-8-20(13-18)33-4/h6-13H,5,14H2,1-4H3,(H,25,30). The van der Waals surface area contributed by atoms with Crippen molar-refractivity contribution < 1.29 is 13.9 Å². The number of aryl methyl sites for hydroxylation is 1. The van der Waals surface area contributed by atoms with E-state index >= 15 is 0 Å². The normalized spacial score (nSPS) is 10.9. The molecule has 0 spiro atoms. The highest BCUT2D eigenvalue weighted by Gasteiger charge is 2.19. The van der Waals surface area contributed by atoms with Gasteiger partial charge in [-0.25, -0.2) is 9.67 Å². The van der Waals surface area contributed by atoms with Crippen molar-refractivity contribution in [3.8, 4) is 17.2 Å². The predicted octanol–water partition coefficient (Wildman–Crippen LogP) is 4.97. The van der Waals surface area contributed by atoms with E-state index in [2.05, 4.69) is 20.6 Å². The maximum absolute atomic E-state index is 12.8. The first kappa shape index (κ1) is 22.6. The number of hydrogen-bond donors (Lipinski definition) is 1. The van der Waals surface area contributed by atoms with Crippen LogP contribution in [0, 0.1) is 13.8 Å². The molecule has 0 aliphatic carbocycles. The van der Waals surface area contributed by atoms with Crippen molar-refractivity contribution in [3.63, 3.8) is 0 Å². The van der Waals surface area contributed by atoms with E-state index in [1.165, 1.54) is 0 Å². The molecular weight excluding hydrogens is 438 g/mol. The Bertz CT molecular complexity index is 1260. The molecule has 8 nitrogen and oxygen atoms in total. The van der Waals surface area contributed by atoms with E-state index in [9.17, 15) is 4.79 Å². The molecular formula is C24H25N5O3S. The van der Waals surface area contributed by atoms with Crippen LogP contribution in [0.1, 0.15) is 34.6 Å². The third kappa shape index (κ3) is 5.09. The molecule has 4 rings (SSSR count). The van der Waals surface area contributed by atoms with E-state index in [1.54, 1.807) is 16.4 Å². The lowest BCUT2D eigenvalue weighted by molar-refractivity contribution is 0.102. The average Bonchev–Trinajstić information content (AvgIpc) is 3.37. The molecule has 4 aromatic rings. The quantitative estimate of drug-likeness (QED) is 0.369. The number of rotatable bonds is 8. The summed E-state index contributed by atoms with van der Waals surface area (Å²) in [5.74, 6) is 1.71. The van der Waals surface area contributed by atoms with Crippen LogP contribution in [-0.2, 0) is 6.54 Å². The highest BCUT2D eigenvalue weighted by molar-refractivity contribution is 7.98. The molecule has 2 aromatic carbocycles. The second-order valence-electron chi connectivity index (χ2n) is 7.35. The molecule has 1 N–H and O–H groups in total. The molecule has 0 fully saturated rings. The molecule has 0 aliphatic rings. The monoisotopic (exact) mass is 463 g/mol. The van der Waals surface area contributed by atoms with Crippen LogP contribution in [0.3, 0.4) is 0 Å². The van der Waals surface area contributed by atoms with Gasteiger partial charge in [-0.05, 0) is 69.5 Å². The number of thioether (sulfide) groups is 1. The minimum Gasteiger partial charge on any atom is -0.494 e. The minimum atomic E-state index is -0.302. The molecule has 0 aliphatic heterocycles. The fourth-order valence-electron chi connectivity index (χ4n) is 3.31. The fourth-order valence-corrected chi connectivity index (χ4v) is 3.77. The number of ether oxygens (including phenoxy) is 1. The van der Waals surface area contributed by atoms with Crippen molar-refractivity contribution in [2.75, 3.05) is 18.2 Å². The van der Waals surface area contributed by atoms with Gasteiger partial charge in [-0.15, -0.1) is 16.9 Å². The van der Waals surface area contributed by atoms with Crippen molar-refractivity contribution >= 4 is 23.4 Å². The van der Waals surface area contributed by atoms with Gasteiger partial charge in [0, 0.05) is 16.1 Å². The Labute approximate surface area is 196 Å². The number of carbonyl (C=O) groups is 1. The van der Waals surface area contributed by atoms with E-state index in [1.807, 2.05) is 75.6 Å². The molecule has 1 amide bonds. The summed E-state index contributed by atoms with van der Waals surface area (Å²) in [4.78, 5) is 18.5. The number of oxazole rings is 1. The fraction of sp³-hybridized carbons (Fsp3) is 0.250. The third-order valence-corrected chi connectivity index (χ3v) is 5.86. The van der Waals surface area contributed by atoms with E-state index in [4.69, 9.17) is 9.15 Å². The van der Waals surface area contributed by atoms with Crippen LogP contribution in [-0.4, -0.2) is 38.7 Å². The van der Waals surface area contributed by atoms with Gasteiger partial charge in [-0.3, -0.25) is 4.79 Å². The summed E-state index contributed by atoms with van der Waals surface area (Å²) in [6, 6.07) is 15.3. The number of aromatic nitrogens is 4. The molecule has 0 saturated carbocycles. The van der Waals surface area contributed by atoms with Gasteiger partial charge in [0.25, 0.3) is 5.91 Å². The molecule has 9 heteroatoms. The summed E-state index contributed by atoms with van der Waals surface area (Å²) in [6.45, 7) is 6.58. The van der Waals surface area contributed by atoms with Crippen molar-refractivity contribution in [2.24, 2.45) is 0 Å². The highest BCUT2D eigenvalue weighted by Crippen LogP contribution is 2.25. The lowest BCUT2D eigenvalue weighted by Gasteiger charge is -2.06. The summed E-state index contributed by atoms with van der Waals surface area (Å²) < 4.78 is 13.0. The number of benzene rings is 2. The molecule has 0 atom stereocenters. The van der Waals surface area contributed by atoms with Gasteiger partial charge >= 0.3 is 0 Å². The van der Waals surface area contributed by atoms with Crippen molar-refractivity contribution in [2.45, 2.75) is 32.2 Å². The second kappa shape index (κ2) is 9.91. The number of amides is 1. The van der Waals surface area contributed by atoms with Crippen LogP contribution in [0.2, 0.25) is 0 Å². The zero-order valence-corrected chi connectivity index (χ0v) is 19.8. The molecule has 33 heavy (non-hydrogen) atoms. The van der Waals surface area contributed by atoms with Crippen LogP contribution in [0.5, 0.6) is 5.75 Å². The Morgan fingerprint density at radius 2 is 1.97 bits per heavy atom. The van der Waals surface area contributed by atoms with Gasteiger partial charge in [-0.2, -0.15) is 0 Å². The van der Waals surface area contributed by atoms with E-state index in [0.717, 1.165) is 21.9 Å². The van der Waals surface area contributed by atoms with Gasteiger partial charge < -0.3 is 14.5 Å². The molecule has 2 aromatic heterocycles. The largest absolute Gasteiger partial charge is 0.494 e. The zero-order valence-electron chi connectivity index (χ0n) is 19.0. The van der Waals surface area contributed by atoms with Crippen LogP contribution in [0.25, 0.3) is 11.5 Å². The lowest BCUT2D eigenvalue weighted by Crippen LogP contribution is -2.14. The number of anilines is 1. The summed E-state index contributed by atoms with van der Waals surface area (Å²) in [5, 5.41) is 11.2. The Kier molecular flexibility index (Phi) is 6.79. The van der Waals surface area contributed by atoms with E-state index < -0.39 is 0 Å². The molecule has 2 heterocycles. The van der Waals surface area contributed by atoms with Crippen molar-refractivity contribution in [1.82, 2.24) is 20.0 Å². The van der Waals surface area contributed by atoms with Gasteiger partial charge in [0.05, 0.1) is 18.8 Å². The van der Waals surface area contributed by atoms with Crippen LogP contribution in [0.15, 0.2) is 57.8 Å². The third-order valence-electron chi connectivity index (χ3n) is 5.13. The van der Waals surface area contributed by atoms with Crippen molar-refractivity contribution in [3.05, 3.63) is 71.4 Å². The Morgan fingerprint density at radius 3 is 2.70 bits per heavy atom. The minimum absolute atomic E-state index is 0.275. The molecule has 170 valence electrons. The van der Waals surface area contributed by atoms with Crippen LogP contribution >= 0.6 is 11.8 Å². The summed E-state index contributed by atoms with van der Waals surface area (Å²) in [6.07, 6.45) is 1.99. The molecule has 0 saturated heterocycles. The maximum Gasteiger partial charge on any atom is 0.278 e. The zero-order chi connectivity index (χ0) is 23.4. The number of nitrogens with one attached hydrogen (secondary N) is 1. The maximum atomic E-state index is 12.8. The smallest absolute Gasteiger partial charge is 0.278 e. The van der Waals surface area contributed by atoms with E-state index in [0.29, 0.717) is 36.2 Å². The second-order valence-corrected chi connectivity index (χ2v) is 8.23. The topological polar surface area (TPSA) is 95.1 Å². The number of nitrogens with zero attached hydrogens (tertiary/aromatic N) is 4.